The van der Waals surface area contributed by atoms with Crippen LogP contribution in [0.2, 0.25) is 0 Å². The summed E-state index contributed by atoms with van der Waals surface area (Å²) in [5, 5.41) is -0.526. The molecule has 0 saturated heterocycles. The molecular formula is C12H25NO2S. The van der Waals surface area contributed by atoms with Crippen molar-refractivity contribution in [2.24, 2.45) is 17.1 Å². The van der Waals surface area contributed by atoms with Crippen LogP contribution in [0.3, 0.4) is 0 Å². The maximum absolute atomic E-state index is 12.3. The summed E-state index contributed by atoms with van der Waals surface area (Å²) in [7, 11) is -3.01. The highest BCUT2D eigenvalue weighted by molar-refractivity contribution is 7.92. The minimum absolute atomic E-state index is 0.137. The second-order valence-corrected chi connectivity index (χ2v) is 8.81. The highest BCUT2D eigenvalue weighted by atomic mass is 32.2. The van der Waals surface area contributed by atoms with Gasteiger partial charge in [0.05, 0.1) is 10.5 Å². The summed E-state index contributed by atoms with van der Waals surface area (Å²) in [6.07, 6.45) is 2.79. The molecule has 0 aromatic heterocycles. The number of hydrogen-bond acceptors (Lipinski definition) is 3. The normalized spacial score (nSPS) is 30.6. The summed E-state index contributed by atoms with van der Waals surface area (Å²) in [6, 6.07) is 0. The molecule has 1 saturated carbocycles. The van der Waals surface area contributed by atoms with Crippen molar-refractivity contribution in [1.82, 2.24) is 0 Å². The van der Waals surface area contributed by atoms with E-state index in [-0.39, 0.29) is 21.8 Å². The van der Waals surface area contributed by atoms with Crippen molar-refractivity contribution in [2.75, 3.05) is 6.54 Å². The number of hydrogen-bond donors (Lipinski definition) is 1. The third-order valence-electron chi connectivity index (χ3n) is 3.85. The third-order valence-corrected chi connectivity index (χ3v) is 6.56. The molecule has 0 aromatic carbocycles. The van der Waals surface area contributed by atoms with Crippen LogP contribution in [-0.4, -0.2) is 25.5 Å². The monoisotopic (exact) mass is 247 g/mol. The van der Waals surface area contributed by atoms with Crippen LogP contribution in [0.5, 0.6) is 0 Å². The van der Waals surface area contributed by atoms with E-state index >= 15 is 0 Å². The van der Waals surface area contributed by atoms with Gasteiger partial charge in [0, 0.05) is 0 Å². The molecule has 0 aliphatic heterocycles. The molecule has 3 nitrogen and oxygen atoms in total. The summed E-state index contributed by atoms with van der Waals surface area (Å²) < 4.78 is 24.6. The summed E-state index contributed by atoms with van der Waals surface area (Å²) in [6.45, 7) is 8.34. The maximum atomic E-state index is 12.3. The Morgan fingerprint density at radius 1 is 1.38 bits per heavy atom. The molecule has 0 heterocycles. The minimum atomic E-state index is -3.01. The molecule has 1 rings (SSSR count). The molecular weight excluding hydrogens is 222 g/mol. The lowest BCUT2D eigenvalue weighted by Crippen LogP contribution is -2.44. The Hall–Kier alpha value is -0.0900. The van der Waals surface area contributed by atoms with Crippen LogP contribution < -0.4 is 5.73 Å². The highest BCUT2D eigenvalue weighted by Gasteiger charge is 2.42. The maximum Gasteiger partial charge on any atom is 0.155 e. The number of nitrogens with two attached hydrogens (primary N) is 1. The van der Waals surface area contributed by atoms with Crippen molar-refractivity contribution in [2.45, 2.75) is 57.5 Å². The van der Waals surface area contributed by atoms with Crippen molar-refractivity contribution < 1.29 is 8.42 Å². The van der Waals surface area contributed by atoms with Crippen molar-refractivity contribution in [1.29, 1.82) is 0 Å². The Bertz CT molecular complexity index is 333. The van der Waals surface area contributed by atoms with E-state index in [0.717, 1.165) is 19.3 Å². The molecule has 0 spiro atoms. The van der Waals surface area contributed by atoms with Gasteiger partial charge in [-0.25, -0.2) is 8.42 Å². The Morgan fingerprint density at radius 3 is 2.38 bits per heavy atom. The van der Waals surface area contributed by atoms with Crippen molar-refractivity contribution in [3.8, 4) is 0 Å². The molecule has 2 N–H and O–H groups in total. The predicted molar refractivity (Wildman–Crippen MR) is 68.0 cm³/mol. The van der Waals surface area contributed by atoms with Gasteiger partial charge in [0.15, 0.2) is 9.84 Å². The van der Waals surface area contributed by atoms with Gasteiger partial charge >= 0.3 is 0 Å². The molecule has 96 valence electrons. The SMILES string of the molecule is CC(C)S(=O)(=O)C1CC(C)(C)CCC1CN. The summed E-state index contributed by atoms with van der Waals surface area (Å²) in [5.41, 5.74) is 5.85. The first-order chi connectivity index (χ1) is 7.20. The van der Waals surface area contributed by atoms with Crippen molar-refractivity contribution >= 4 is 9.84 Å². The molecule has 2 unspecified atom stereocenters. The third kappa shape index (κ3) is 2.77. The average molecular weight is 247 g/mol. The fourth-order valence-electron chi connectivity index (χ4n) is 2.58. The molecule has 1 fully saturated rings. The number of sulfone groups is 1. The fraction of sp³-hybridized carbons (Fsp3) is 1.00. The molecule has 4 heteroatoms. The van der Waals surface area contributed by atoms with E-state index in [2.05, 4.69) is 13.8 Å². The fourth-order valence-corrected chi connectivity index (χ4v) is 4.75. The molecule has 0 bridgehead atoms. The molecule has 0 aromatic rings. The van der Waals surface area contributed by atoms with Gasteiger partial charge in [-0.2, -0.15) is 0 Å². The Labute approximate surface area is 99.7 Å². The molecule has 1 aliphatic rings. The molecule has 1 aliphatic carbocycles. The first-order valence-electron chi connectivity index (χ1n) is 6.13. The van der Waals surface area contributed by atoms with E-state index in [0.29, 0.717) is 6.54 Å². The van der Waals surface area contributed by atoms with E-state index < -0.39 is 9.84 Å². The standard InChI is InChI=1S/C12H25NO2S/c1-9(2)16(14,15)11-7-12(3,4)6-5-10(11)8-13/h9-11H,5-8,13H2,1-4H3. The second kappa shape index (κ2) is 4.65. The van der Waals surface area contributed by atoms with Gasteiger partial charge < -0.3 is 5.73 Å². The van der Waals surface area contributed by atoms with Gasteiger partial charge in [-0.15, -0.1) is 0 Å². The topological polar surface area (TPSA) is 60.2 Å². The molecule has 0 radical (unpaired) electrons. The van der Waals surface area contributed by atoms with Gasteiger partial charge in [0.2, 0.25) is 0 Å². The van der Waals surface area contributed by atoms with Crippen molar-refractivity contribution in [3.05, 3.63) is 0 Å². The van der Waals surface area contributed by atoms with E-state index in [1.807, 2.05) is 0 Å². The average Bonchev–Trinajstić information content (AvgIpc) is 2.16. The zero-order chi connectivity index (χ0) is 12.6. The Balaban J connectivity index is 2.98. The van der Waals surface area contributed by atoms with Crippen LogP contribution in [-0.2, 0) is 9.84 Å². The minimum Gasteiger partial charge on any atom is -0.330 e. The molecule has 0 amide bonds. The predicted octanol–water partition coefficient (Wildman–Crippen LogP) is 1.96. The van der Waals surface area contributed by atoms with Crippen LogP contribution in [0, 0.1) is 11.3 Å². The van der Waals surface area contributed by atoms with Crippen LogP contribution in [0.4, 0.5) is 0 Å². The van der Waals surface area contributed by atoms with Gasteiger partial charge in [-0.1, -0.05) is 13.8 Å². The van der Waals surface area contributed by atoms with Gasteiger partial charge in [-0.3, -0.25) is 0 Å². The lowest BCUT2D eigenvalue weighted by molar-refractivity contribution is 0.197. The summed E-state index contributed by atoms with van der Waals surface area (Å²) >= 11 is 0. The Morgan fingerprint density at radius 2 is 1.94 bits per heavy atom. The van der Waals surface area contributed by atoms with E-state index in [1.165, 1.54) is 0 Å². The van der Waals surface area contributed by atoms with Gasteiger partial charge in [0.25, 0.3) is 0 Å². The van der Waals surface area contributed by atoms with Crippen LogP contribution in [0.1, 0.15) is 47.0 Å². The second-order valence-electron chi connectivity index (χ2n) is 6.08. The van der Waals surface area contributed by atoms with E-state index in [4.69, 9.17) is 5.73 Å². The van der Waals surface area contributed by atoms with Gasteiger partial charge in [0.1, 0.15) is 0 Å². The summed E-state index contributed by atoms with van der Waals surface area (Å²) in [5.74, 6) is 0.153. The highest BCUT2D eigenvalue weighted by Crippen LogP contribution is 2.41. The van der Waals surface area contributed by atoms with Crippen LogP contribution >= 0.6 is 0 Å². The van der Waals surface area contributed by atoms with Gasteiger partial charge in [-0.05, 0) is 51.0 Å². The lowest BCUT2D eigenvalue weighted by atomic mass is 9.73. The van der Waals surface area contributed by atoms with E-state index in [9.17, 15) is 8.42 Å². The first kappa shape index (κ1) is 14.0. The molecule has 2 atom stereocenters. The largest absolute Gasteiger partial charge is 0.330 e. The van der Waals surface area contributed by atoms with Crippen LogP contribution in [0.25, 0.3) is 0 Å². The van der Waals surface area contributed by atoms with Crippen molar-refractivity contribution in [3.63, 3.8) is 0 Å². The van der Waals surface area contributed by atoms with E-state index in [1.54, 1.807) is 13.8 Å². The zero-order valence-corrected chi connectivity index (χ0v) is 11.7. The van der Waals surface area contributed by atoms with Crippen LogP contribution in [0.15, 0.2) is 0 Å². The zero-order valence-electron chi connectivity index (χ0n) is 10.9. The lowest BCUT2D eigenvalue weighted by Gasteiger charge is -2.40. The quantitative estimate of drug-likeness (QED) is 0.829. The smallest absolute Gasteiger partial charge is 0.155 e. The molecule has 16 heavy (non-hydrogen) atoms. The first-order valence-corrected chi connectivity index (χ1v) is 7.74. The number of rotatable bonds is 3. The summed E-state index contributed by atoms with van der Waals surface area (Å²) in [4.78, 5) is 0. The Kier molecular flexibility index (Phi) is 4.06.